The molecule has 0 aliphatic heterocycles. The molecule has 0 unspecified atom stereocenters. The van der Waals surface area contributed by atoms with Crippen LogP contribution in [0.2, 0.25) is 0 Å². The number of hydrogen-bond donors (Lipinski definition) is 0. The van der Waals surface area contributed by atoms with E-state index in [0.29, 0.717) is 11.1 Å². The highest BCUT2D eigenvalue weighted by Crippen LogP contribution is 2.00. The molecule has 9 heavy (non-hydrogen) atoms. The Morgan fingerprint density at radius 1 is 1.78 bits per heavy atom. The van der Waals surface area contributed by atoms with Gasteiger partial charge in [-0.15, -0.1) is 0 Å². The minimum absolute atomic E-state index is 0.275. The normalized spacial score (nSPS) is 11.2. The van der Waals surface area contributed by atoms with Crippen LogP contribution in [0, 0.1) is 0 Å². The lowest BCUT2D eigenvalue weighted by atomic mass is 10.5. The number of hydrogen-bond acceptors (Lipinski definition) is 2. The van der Waals surface area contributed by atoms with Gasteiger partial charge in [0.1, 0.15) is 5.76 Å². The quantitative estimate of drug-likeness (QED) is 0.380. The molecule has 0 fully saturated rings. The van der Waals surface area contributed by atoms with Gasteiger partial charge >= 0.3 is 5.97 Å². The molecule has 0 heterocycles. The summed E-state index contributed by atoms with van der Waals surface area (Å²) in [7, 11) is 0. The van der Waals surface area contributed by atoms with Gasteiger partial charge in [0, 0.05) is 6.92 Å². The third-order valence-electron chi connectivity index (χ3n) is 0.729. The highest BCUT2D eigenvalue weighted by Gasteiger charge is 1.96. The fourth-order valence-electron chi connectivity index (χ4n) is 0.348. The topological polar surface area (TPSA) is 26.3 Å². The van der Waals surface area contributed by atoms with Crippen LogP contribution in [0.5, 0.6) is 0 Å². The average Bonchev–Trinajstić information content (AvgIpc) is 1.82. The van der Waals surface area contributed by atoms with Crippen molar-refractivity contribution in [3.8, 4) is 0 Å². The molecule has 0 bridgehead atoms. The van der Waals surface area contributed by atoms with E-state index in [2.05, 4.69) is 15.9 Å². The molecule has 0 saturated heterocycles. The van der Waals surface area contributed by atoms with Crippen molar-refractivity contribution in [2.75, 3.05) is 5.33 Å². The van der Waals surface area contributed by atoms with E-state index >= 15 is 0 Å². The summed E-state index contributed by atoms with van der Waals surface area (Å²) in [6.07, 6.45) is 1.75. The van der Waals surface area contributed by atoms with Crippen LogP contribution in [0.15, 0.2) is 11.8 Å². The summed E-state index contributed by atoms with van der Waals surface area (Å²) >= 11 is 3.16. The lowest BCUT2D eigenvalue weighted by Crippen LogP contribution is -1.98. The lowest BCUT2D eigenvalue weighted by molar-refractivity contribution is -0.136. The molecular formula is C6H9BrO2. The van der Waals surface area contributed by atoms with E-state index in [1.807, 2.05) is 6.92 Å². The van der Waals surface area contributed by atoms with Gasteiger partial charge < -0.3 is 4.74 Å². The summed E-state index contributed by atoms with van der Waals surface area (Å²) in [5, 5.41) is 0.586. The Balaban J connectivity index is 3.71. The van der Waals surface area contributed by atoms with Crippen molar-refractivity contribution >= 4 is 21.9 Å². The van der Waals surface area contributed by atoms with Crippen LogP contribution in [0.4, 0.5) is 0 Å². The molecule has 2 nitrogen and oxygen atoms in total. The second kappa shape index (κ2) is 4.56. The zero-order valence-corrected chi connectivity index (χ0v) is 7.06. The Labute approximate surface area is 63.0 Å². The Hall–Kier alpha value is -0.310. The van der Waals surface area contributed by atoms with Crippen LogP contribution < -0.4 is 0 Å². The summed E-state index contributed by atoms with van der Waals surface area (Å²) in [4.78, 5) is 10.3. The number of rotatable bonds is 2. The second-order valence-electron chi connectivity index (χ2n) is 1.48. The fraction of sp³-hybridized carbons (Fsp3) is 0.500. The van der Waals surface area contributed by atoms with E-state index in [0.717, 1.165) is 0 Å². The predicted octanol–water partition coefficient (Wildman–Crippen LogP) is 1.85. The van der Waals surface area contributed by atoms with Crippen LogP contribution in [0.1, 0.15) is 13.8 Å². The molecule has 0 aromatic carbocycles. The zero-order valence-electron chi connectivity index (χ0n) is 5.48. The molecule has 0 aromatic heterocycles. The highest BCUT2D eigenvalue weighted by atomic mass is 79.9. The first kappa shape index (κ1) is 8.69. The molecule has 0 aromatic rings. The van der Waals surface area contributed by atoms with Gasteiger partial charge in [-0.25, -0.2) is 0 Å². The van der Waals surface area contributed by atoms with Gasteiger partial charge in [-0.1, -0.05) is 15.9 Å². The number of carbonyl (C=O) groups excluding carboxylic acids is 1. The maximum Gasteiger partial charge on any atom is 0.307 e. The van der Waals surface area contributed by atoms with Crippen molar-refractivity contribution in [3.63, 3.8) is 0 Å². The summed E-state index contributed by atoms with van der Waals surface area (Å²) in [5.74, 6) is 0.380. The maximum atomic E-state index is 10.3. The van der Waals surface area contributed by atoms with Gasteiger partial charge in [0.25, 0.3) is 0 Å². The highest BCUT2D eigenvalue weighted by molar-refractivity contribution is 9.09. The van der Waals surface area contributed by atoms with Crippen molar-refractivity contribution in [1.29, 1.82) is 0 Å². The van der Waals surface area contributed by atoms with Gasteiger partial charge in [-0.05, 0) is 13.0 Å². The number of carbonyl (C=O) groups is 1. The number of allylic oxidation sites excluding steroid dienone is 2. The minimum atomic E-state index is -0.275. The van der Waals surface area contributed by atoms with Crippen LogP contribution in [-0.2, 0) is 9.53 Å². The third kappa shape index (κ3) is 4.21. The Morgan fingerprint density at radius 2 is 2.33 bits per heavy atom. The molecular weight excluding hydrogens is 184 g/mol. The van der Waals surface area contributed by atoms with E-state index < -0.39 is 0 Å². The van der Waals surface area contributed by atoms with Crippen LogP contribution in [0.3, 0.4) is 0 Å². The first-order valence-corrected chi connectivity index (χ1v) is 3.72. The number of ether oxygens (including phenoxy) is 1. The summed E-state index contributed by atoms with van der Waals surface area (Å²) < 4.78 is 4.72. The molecule has 0 atom stereocenters. The van der Waals surface area contributed by atoms with Crippen LogP contribution in [0.25, 0.3) is 0 Å². The largest absolute Gasteiger partial charge is 0.431 e. The van der Waals surface area contributed by atoms with Gasteiger partial charge in [-0.2, -0.15) is 0 Å². The molecule has 3 heteroatoms. The van der Waals surface area contributed by atoms with Crippen molar-refractivity contribution < 1.29 is 9.53 Å². The van der Waals surface area contributed by atoms with Gasteiger partial charge in [-0.3, -0.25) is 4.79 Å². The number of esters is 1. The Kier molecular flexibility index (Phi) is 4.40. The van der Waals surface area contributed by atoms with Crippen molar-refractivity contribution in [3.05, 3.63) is 11.8 Å². The zero-order chi connectivity index (χ0) is 7.28. The summed E-state index contributed by atoms with van der Waals surface area (Å²) in [6, 6.07) is 0. The van der Waals surface area contributed by atoms with E-state index in [4.69, 9.17) is 4.74 Å². The maximum absolute atomic E-state index is 10.3. The van der Waals surface area contributed by atoms with Crippen LogP contribution in [-0.4, -0.2) is 11.3 Å². The molecule has 0 radical (unpaired) electrons. The van der Waals surface area contributed by atoms with E-state index in [1.165, 1.54) is 6.92 Å². The molecule has 0 saturated carbocycles. The van der Waals surface area contributed by atoms with Crippen molar-refractivity contribution in [2.45, 2.75) is 13.8 Å². The van der Waals surface area contributed by atoms with Crippen molar-refractivity contribution in [1.82, 2.24) is 0 Å². The second-order valence-corrected chi connectivity index (χ2v) is 2.04. The fourth-order valence-corrected chi connectivity index (χ4v) is 0.786. The van der Waals surface area contributed by atoms with Gasteiger partial charge in [0.05, 0.1) is 5.33 Å². The van der Waals surface area contributed by atoms with Crippen LogP contribution >= 0.6 is 15.9 Å². The molecule has 0 amide bonds. The molecule has 52 valence electrons. The Morgan fingerprint density at radius 3 is 2.44 bits per heavy atom. The molecule has 0 spiro atoms. The first-order chi connectivity index (χ1) is 4.20. The summed E-state index contributed by atoms with van der Waals surface area (Å²) in [5.41, 5.74) is 0. The van der Waals surface area contributed by atoms with E-state index in [-0.39, 0.29) is 5.97 Å². The summed E-state index contributed by atoms with van der Waals surface area (Å²) in [6.45, 7) is 3.20. The average molecular weight is 193 g/mol. The monoisotopic (exact) mass is 192 g/mol. The van der Waals surface area contributed by atoms with Gasteiger partial charge in [0.15, 0.2) is 0 Å². The SMILES string of the molecule is C/C=C(/CBr)OC(C)=O. The molecule has 0 N–H and O–H groups in total. The van der Waals surface area contributed by atoms with E-state index in [1.54, 1.807) is 6.08 Å². The van der Waals surface area contributed by atoms with Gasteiger partial charge in [0.2, 0.25) is 0 Å². The predicted molar refractivity (Wildman–Crippen MR) is 39.3 cm³/mol. The molecule has 0 aliphatic rings. The molecule has 0 rings (SSSR count). The van der Waals surface area contributed by atoms with E-state index in [9.17, 15) is 4.79 Å². The Bertz CT molecular complexity index is 129. The number of halogens is 1. The standard InChI is InChI=1S/C6H9BrO2/c1-3-6(4-7)9-5(2)8/h3H,4H2,1-2H3/b6-3-. The number of alkyl halides is 1. The minimum Gasteiger partial charge on any atom is -0.431 e. The smallest absolute Gasteiger partial charge is 0.307 e. The third-order valence-corrected chi connectivity index (χ3v) is 1.28. The first-order valence-electron chi connectivity index (χ1n) is 2.60. The lowest BCUT2D eigenvalue weighted by Gasteiger charge is -1.99. The molecule has 0 aliphatic carbocycles. The van der Waals surface area contributed by atoms with Crippen molar-refractivity contribution in [2.24, 2.45) is 0 Å².